The fraction of sp³-hybridized carbons (Fsp3) is 0.786. The molecule has 0 aromatic carbocycles. The maximum Gasteiger partial charge on any atom is 0.410 e. The molecular weight excluding hydrogens is 276 g/mol. The topological polar surface area (TPSA) is 84.9 Å². The fourth-order valence-electron chi connectivity index (χ4n) is 1.99. The summed E-state index contributed by atoms with van der Waals surface area (Å²) in [6.45, 7) is 5.92. The molecule has 7 heteroatoms. The molecule has 0 bridgehead atoms. The average Bonchev–Trinajstić information content (AvgIpc) is 2.42. The predicted octanol–water partition coefficient (Wildman–Crippen LogP) is 0.923. The fourth-order valence-corrected chi connectivity index (χ4v) is 1.99. The number of piperidine rings is 1. The van der Waals surface area contributed by atoms with Crippen molar-refractivity contribution in [3.05, 3.63) is 0 Å². The van der Waals surface area contributed by atoms with Gasteiger partial charge in [0.1, 0.15) is 5.60 Å². The van der Waals surface area contributed by atoms with Gasteiger partial charge in [-0.05, 0) is 33.6 Å². The van der Waals surface area contributed by atoms with Crippen LogP contribution in [-0.2, 0) is 19.1 Å². The Morgan fingerprint density at radius 3 is 2.52 bits per heavy atom. The number of carbonyl (C=O) groups excluding carboxylic acids is 3. The Bertz CT molecular complexity index is 403. The second-order valence-electron chi connectivity index (χ2n) is 6.05. The average molecular weight is 300 g/mol. The van der Waals surface area contributed by atoms with E-state index < -0.39 is 23.6 Å². The van der Waals surface area contributed by atoms with E-state index in [0.29, 0.717) is 19.4 Å². The van der Waals surface area contributed by atoms with E-state index in [0.717, 1.165) is 0 Å². The van der Waals surface area contributed by atoms with Gasteiger partial charge in [0.25, 0.3) is 5.91 Å². The summed E-state index contributed by atoms with van der Waals surface area (Å²) >= 11 is 0. The van der Waals surface area contributed by atoms with Crippen LogP contribution in [0.15, 0.2) is 0 Å². The molecule has 0 aromatic rings. The number of likely N-dealkylation sites (tertiary alicyclic amines) is 1. The molecule has 0 saturated carbocycles. The van der Waals surface area contributed by atoms with Gasteiger partial charge >= 0.3 is 12.1 Å². The van der Waals surface area contributed by atoms with E-state index in [1.54, 1.807) is 20.8 Å². The molecule has 7 nitrogen and oxygen atoms in total. The van der Waals surface area contributed by atoms with Crippen LogP contribution in [0.25, 0.3) is 0 Å². The summed E-state index contributed by atoms with van der Waals surface area (Å²) in [6, 6.07) is 0. The molecule has 1 heterocycles. The van der Waals surface area contributed by atoms with Gasteiger partial charge in [0.15, 0.2) is 6.61 Å². The minimum absolute atomic E-state index is 0.265. The van der Waals surface area contributed by atoms with Gasteiger partial charge in [0.2, 0.25) is 0 Å². The van der Waals surface area contributed by atoms with E-state index in [-0.39, 0.29) is 19.1 Å². The normalized spacial score (nSPS) is 18.9. The lowest BCUT2D eigenvalue weighted by Crippen LogP contribution is -2.45. The summed E-state index contributed by atoms with van der Waals surface area (Å²) in [4.78, 5) is 36.4. The highest BCUT2D eigenvalue weighted by Crippen LogP contribution is 2.20. The molecule has 0 radical (unpaired) electrons. The molecule has 0 unspecified atom stereocenters. The van der Waals surface area contributed by atoms with Crippen LogP contribution in [0.1, 0.15) is 33.6 Å². The molecule has 1 aliphatic rings. The van der Waals surface area contributed by atoms with Crippen LogP contribution in [0, 0.1) is 5.92 Å². The van der Waals surface area contributed by atoms with Crippen molar-refractivity contribution in [2.45, 2.75) is 39.2 Å². The largest absolute Gasteiger partial charge is 0.455 e. The Balaban J connectivity index is 2.49. The van der Waals surface area contributed by atoms with Crippen LogP contribution in [0.3, 0.4) is 0 Å². The van der Waals surface area contributed by atoms with Gasteiger partial charge in [-0.15, -0.1) is 0 Å². The number of amides is 2. The molecule has 0 aromatic heterocycles. The van der Waals surface area contributed by atoms with Gasteiger partial charge in [-0.25, -0.2) is 4.79 Å². The zero-order valence-corrected chi connectivity index (χ0v) is 13.1. The number of nitrogens with one attached hydrogen (secondary N) is 1. The molecule has 1 fully saturated rings. The first-order valence-corrected chi connectivity index (χ1v) is 7.08. The third-order valence-electron chi connectivity index (χ3n) is 3.03. The molecule has 1 N–H and O–H groups in total. The van der Waals surface area contributed by atoms with Crippen molar-refractivity contribution >= 4 is 18.0 Å². The number of hydrogen-bond donors (Lipinski definition) is 1. The van der Waals surface area contributed by atoms with E-state index in [9.17, 15) is 14.4 Å². The highest BCUT2D eigenvalue weighted by molar-refractivity contribution is 5.81. The second-order valence-corrected chi connectivity index (χ2v) is 6.05. The van der Waals surface area contributed by atoms with Crippen LogP contribution in [0.4, 0.5) is 4.79 Å². The minimum atomic E-state index is -0.566. The molecule has 120 valence electrons. The highest BCUT2D eigenvalue weighted by Gasteiger charge is 2.32. The molecule has 2 amide bonds. The highest BCUT2D eigenvalue weighted by atomic mass is 16.6. The molecule has 1 aliphatic heterocycles. The van der Waals surface area contributed by atoms with E-state index in [2.05, 4.69) is 5.32 Å². The minimum Gasteiger partial charge on any atom is -0.455 e. The first-order chi connectivity index (χ1) is 9.73. The summed E-state index contributed by atoms with van der Waals surface area (Å²) in [5.74, 6) is -1.22. The molecule has 1 saturated heterocycles. The number of nitrogens with zero attached hydrogens (tertiary/aromatic N) is 1. The van der Waals surface area contributed by atoms with Crippen molar-refractivity contribution in [2.24, 2.45) is 5.92 Å². The van der Waals surface area contributed by atoms with Crippen LogP contribution in [0.2, 0.25) is 0 Å². The molecule has 1 atom stereocenters. The van der Waals surface area contributed by atoms with E-state index in [4.69, 9.17) is 9.47 Å². The Morgan fingerprint density at radius 2 is 1.95 bits per heavy atom. The Morgan fingerprint density at radius 1 is 1.29 bits per heavy atom. The number of likely N-dealkylation sites (N-methyl/N-ethyl adjacent to an activating group) is 1. The summed E-state index contributed by atoms with van der Waals surface area (Å²) < 4.78 is 10.2. The van der Waals surface area contributed by atoms with Crippen LogP contribution in [-0.4, -0.2) is 55.2 Å². The number of ether oxygens (including phenoxy) is 2. The smallest absolute Gasteiger partial charge is 0.410 e. The zero-order chi connectivity index (χ0) is 16.0. The summed E-state index contributed by atoms with van der Waals surface area (Å²) in [6.07, 6.45) is 0.927. The lowest BCUT2D eigenvalue weighted by Gasteiger charge is -2.33. The quantitative estimate of drug-likeness (QED) is 0.784. The first-order valence-electron chi connectivity index (χ1n) is 7.08. The van der Waals surface area contributed by atoms with Crippen molar-refractivity contribution < 1.29 is 23.9 Å². The third kappa shape index (κ3) is 6.01. The van der Waals surface area contributed by atoms with E-state index in [1.807, 2.05) is 0 Å². The predicted molar refractivity (Wildman–Crippen MR) is 75.6 cm³/mol. The van der Waals surface area contributed by atoms with Gasteiger partial charge in [0.05, 0.1) is 5.92 Å². The maximum atomic E-state index is 12.0. The lowest BCUT2D eigenvalue weighted by atomic mass is 9.98. The summed E-state index contributed by atoms with van der Waals surface area (Å²) in [5, 5.41) is 2.38. The second kappa shape index (κ2) is 7.28. The first kappa shape index (κ1) is 17.3. The Labute approximate surface area is 124 Å². The Kier molecular flexibility index (Phi) is 5.99. The van der Waals surface area contributed by atoms with E-state index >= 15 is 0 Å². The summed E-state index contributed by atoms with van der Waals surface area (Å²) in [7, 11) is 1.47. The van der Waals surface area contributed by atoms with Crippen molar-refractivity contribution in [1.82, 2.24) is 10.2 Å². The van der Waals surface area contributed by atoms with Crippen LogP contribution in [0.5, 0.6) is 0 Å². The van der Waals surface area contributed by atoms with Crippen molar-refractivity contribution in [1.29, 1.82) is 0 Å². The number of rotatable bonds is 3. The van der Waals surface area contributed by atoms with Gasteiger partial charge in [-0.3, -0.25) is 9.59 Å². The number of hydrogen-bond acceptors (Lipinski definition) is 5. The standard InChI is InChI=1S/C14H24N2O5/c1-14(2,3)21-13(19)16-7-5-6-10(8-16)12(18)20-9-11(17)15-4/h10H,5-9H2,1-4H3,(H,15,17)/t10-/m0/s1. The van der Waals surface area contributed by atoms with Gasteiger partial charge < -0.3 is 19.7 Å². The van der Waals surface area contributed by atoms with Crippen molar-refractivity contribution in [3.8, 4) is 0 Å². The monoisotopic (exact) mass is 300 g/mol. The maximum absolute atomic E-state index is 12.0. The molecule has 1 rings (SSSR count). The van der Waals surface area contributed by atoms with E-state index in [1.165, 1.54) is 11.9 Å². The molecular formula is C14H24N2O5. The van der Waals surface area contributed by atoms with Crippen molar-refractivity contribution in [3.63, 3.8) is 0 Å². The van der Waals surface area contributed by atoms with Crippen LogP contribution < -0.4 is 5.32 Å². The van der Waals surface area contributed by atoms with Gasteiger partial charge in [-0.2, -0.15) is 0 Å². The zero-order valence-electron chi connectivity index (χ0n) is 13.1. The molecule has 0 spiro atoms. The lowest BCUT2D eigenvalue weighted by molar-refractivity contribution is -0.154. The van der Waals surface area contributed by atoms with Crippen molar-refractivity contribution in [2.75, 3.05) is 26.7 Å². The van der Waals surface area contributed by atoms with Gasteiger partial charge in [0, 0.05) is 20.1 Å². The van der Waals surface area contributed by atoms with Gasteiger partial charge in [-0.1, -0.05) is 0 Å². The SMILES string of the molecule is CNC(=O)COC(=O)[C@H]1CCCN(C(=O)OC(C)(C)C)C1. The Hall–Kier alpha value is -1.79. The number of esters is 1. The van der Waals surface area contributed by atoms with Crippen LogP contribution >= 0.6 is 0 Å². The third-order valence-corrected chi connectivity index (χ3v) is 3.03. The summed E-state index contributed by atoms with van der Waals surface area (Å²) in [5.41, 5.74) is -0.566. The molecule has 21 heavy (non-hydrogen) atoms. The molecule has 0 aliphatic carbocycles. The number of carbonyl (C=O) groups is 3.